The van der Waals surface area contributed by atoms with Crippen molar-refractivity contribution in [2.75, 3.05) is 46.2 Å². The predicted octanol–water partition coefficient (Wildman–Crippen LogP) is 12.1. The first-order chi connectivity index (χ1) is 53.4. The van der Waals surface area contributed by atoms with E-state index in [0.29, 0.717) is 12.8 Å². The minimum Gasteiger partial charge on any atom is -0.394 e. The Balaban J connectivity index is 1.85. The topological polar surface area (TPSA) is 482 Å². The number of ether oxygens (including phenoxy) is 3. The number of hydrogen-bond donors (Lipinski definition) is 15. The van der Waals surface area contributed by atoms with E-state index in [1.807, 2.05) is 6.92 Å². The number of aliphatic hydroxyl groups excluding tert-OH is 9. The number of aliphatic hydroxyl groups is 9. The van der Waals surface area contributed by atoms with Gasteiger partial charge < -0.3 is 90.4 Å². The Hall–Kier alpha value is -3.92. The van der Waals surface area contributed by atoms with Crippen LogP contribution in [0, 0.1) is 0 Å². The van der Waals surface area contributed by atoms with E-state index < -0.39 is 175 Å². The largest absolute Gasteiger partial charge is 0.483 e. The Bertz CT molecular complexity index is 3470. The molecule has 15 N–H and O–H groups in total. The molecule has 0 aromatic heterocycles. The fraction of sp³-hybridized carbons (Fsp3) is 0.696. The van der Waals surface area contributed by atoms with Crippen LogP contribution in [0.5, 0.6) is 0 Å². The average molecular weight is 1700 g/mol. The molecule has 2 amide bonds. The molecule has 0 aliphatic carbocycles. The van der Waals surface area contributed by atoms with Crippen molar-refractivity contribution in [1.29, 1.82) is 0 Å². The fourth-order valence-corrected chi connectivity index (χ4v) is 15.8. The third-order valence-corrected chi connectivity index (χ3v) is 23.3. The lowest BCUT2D eigenvalue weighted by atomic mass is 9.94. The molecule has 2 heterocycles. The lowest BCUT2D eigenvalue weighted by Gasteiger charge is -2.48. The van der Waals surface area contributed by atoms with Gasteiger partial charge in [-0.25, -0.2) is 18.3 Å². The molecule has 656 valence electrons. The molecule has 0 radical (unpaired) electrons. The second-order valence-electron chi connectivity index (χ2n) is 29.9. The zero-order valence-corrected chi connectivity index (χ0v) is 72.7. The lowest BCUT2D eigenvalue weighted by Crippen LogP contribution is -2.69. The van der Waals surface area contributed by atoms with E-state index in [4.69, 9.17) is 37.4 Å². The molecule has 0 saturated carbocycles. The monoisotopic (exact) mass is 1700 g/mol. The van der Waals surface area contributed by atoms with Gasteiger partial charge in [0.05, 0.1) is 46.2 Å². The molecule has 0 aromatic carbocycles. The maximum Gasteiger partial charge on any atom is 0.483 e. The van der Waals surface area contributed by atoms with Crippen molar-refractivity contribution in [3.8, 4) is 0 Å². The van der Waals surface area contributed by atoms with Gasteiger partial charge in [0.2, 0.25) is 11.8 Å². The van der Waals surface area contributed by atoms with Crippen molar-refractivity contribution >= 4 is 43.1 Å². The zero-order chi connectivity index (χ0) is 85.9. The predicted molar refractivity (Wildman–Crippen MR) is 434 cm³/mol. The van der Waals surface area contributed by atoms with Crippen molar-refractivity contribution in [2.45, 2.75) is 311 Å². The summed E-state index contributed by atoms with van der Waals surface area (Å²) in [6.07, 6.45) is 20.8. The van der Waals surface area contributed by atoms with Crippen molar-refractivity contribution in [3.05, 3.63) is 128 Å². The smallest absolute Gasteiger partial charge is 0.394 e. The number of amides is 2. The van der Waals surface area contributed by atoms with E-state index in [0.717, 1.165) is 135 Å². The first-order valence-corrected chi connectivity index (χ1v) is 45.0. The second-order valence-corrected chi connectivity index (χ2v) is 35.8. The quantitative estimate of drug-likeness (QED) is 0.0199. The molecule has 18 atom stereocenters. The third kappa shape index (κ3) is 46.6. The maximum atomic E-state index is 13.4. The standard InChI is InChI=1S/C79H136N2O29P4/c1-53(2)25-15-26-54(3)27-16-28-55(4)29-17-30-56(5)31-18-32-57(6)33-19-34-58(7)35-20-36-59(8)37-21-38-60(9)39-22-40-61(10)41-23-42-62(11)43-24-44-63(12)45-46-101-113(97,98)110-114(99,100)109-79-72(81-65(14)86)74(91)76(69(48-83)106-79)107-78-71(80-64(13)85)75(92)77(70(49-84)105-78)108-112(95,96)103-51-66(87)50-102-111(93,94)104-52-68(89)73(90)67(88)47-82/h25,27,29,31,33,35,37,39,41,43,45,66-79,82-84,87-92H,15-24,26,28,30,32,34,36,38,40,42,44,46-52H2,1-14H3,(H,80,85)(H,81,86)(H,93,94)(H,95,96)(H,97,98)(H,99,100)/b54-27+,55-29+,56-31-,57-33-,58-35-,59-37-,60-39-,61-41-,62-43-,63-45-/t66-,67+,68-,69-,70-,71+,72-,73+,74-,75-,76?,77-,78+,79-/m1/s1. The number of nitrogens with one attached hydrogen (secondary N) is 2. The van der Waals surface area contributed by atoms with Crippen LogP contribution in [0.15, 0.2) is 128 Å². The van der Waals surface area contributed by atoms with Crippen LogP contribution >= 0.6 is 31.3 Å². The molecule has 2 aliphatic rings. The number of carbonyl (C=O) groups excluding carboxylic acids is 2. The van der Waals surface area contributed by atoms with Gasteiger partial charge in [-0.1, -0.05) is 128 Å². The minimum atomic E-state index is -5.79. The summed E-state index contributed by atoms with van der Waals surface area (Å²) in [5.74, 6) is -1.85. The molecule has 0 spiro atoms. The first kappa shape index (κ1) is 106. The fourth-order valence-electron chi connectivity index (χ4n) is 11.9. The number of allylic oxidation sites excluding steroid dienone is 21. The van der Waals surface area contributed by atoms with Gasteiger partial charge >= 0.3 is 31.3 Å². The molecule has 114 heavy (non-hydrogen) atoms. The summed E-state index contributed by atoms with van der Waals surface area (Å²) in [4.78, 5) is 66.7. The van der Waals surface area contributed by atoms with Crippen LogP contribution in [0.3, 0.4) is 0 Å². The SMILES string of the molecule is CC(=O)N[C@@H]1[C@H](OC2[C@@H](CO)O[C@H](OP(=O)(O)OP(=O)(O)OC/C=C(/C)CC/C=C(/C)CC/C=C(/C)CC/C=C(/C)CC/C=C(/C)CC/C=C(/C)CC/C=C(/C)CC/C=C(/C)CC/C=C(\C)CC/C=C(\C)CCC=C(C)C)[C@H](NC(C)=O)[C@H]2O)O[C@H](CO)[C@@H](OP(=O)(O)OC[C@H](O)COP(=O)(O)OC[C@@H](O)[C@@H](O)[C@@H](O)CO)[C@@H]1O. The molecule has 2 rings (SSSR count). The summed E-state index contributed by atoms with van der Waals surface area (Å²) in [6.45, 7) is 20.6. The van der Waals surface area contributed by atoms with E-state index in [9.17, 15) is 88.3 Å². The highest BCUT2D eigenvalue weighted by Gasteiger charge is 2.55. The van der Waals surface area contributed by atoms with Crippen molar-refractivity contribution in [1.82, 2.24) is 10.6 Å². The van der Waals surface area contributed by atoms with Crippen LogP contribution in [0.2, 0.25) is 0 Å². The van der Waals surface area contributed by atoms with Gasteiger partial charge in [0, 0.05) is 13.8 Å². The van der Waals surface area contributed by atoms with Crippen LogP contribution in [-0.2, 0) is 73.5 Å². The lowest BCUT2D eigenvalue weighted by molar-refractivity contribution is -0.324. The number of phosphoric acid groups is 4. The van der Waals surface area contributed by atoms with E-state index in [1.54, 1.807) is 6.92 Å². The van der Waals surface area contributed by atoms with Gasteiger partial charge in [0.1, 0.15) is 73.1 Å². The molecule has 2 fully saturated rings. The highest BCUT2D eigenvalue weighted by atomic mass is 31.3. The normalized spacial score (nSPS) is 24.9. The molecule has 2 aliphatic heterocycles. The Morgan fingerprint density at radius 3 is 1.05 bits per heavy atom. The minimum absolute atomic E-state index is 0.542. The third-order valence-electron chi connectivity index (χ3n) is 18.7. The van der Waals surface area contributed by atoms with Crippen LogP contribution < -0.4 is 10.6 Å². The average Bonchev–Trinajstić information content (AvgIpc) is 0.769. The maximum absolute atomic E-state index is 13.4. The van der Waals surface area contributed by atoms with Crippen LogP contribution in [0.4, 0.5) is 0 Å². The molecule has 35 heteroatoms. The van der Waals surface area contributed by atoms with Gasteiger partial charge in [-0.3, -0.25) is 36.7 Å². The van der Waals surface area contributed by atoms with E-state index in [2.05, 4.69) is 154 Å². The summed E-state index contributed by atoms with van der Waals surface area (Å²) < 4.78 is 102. The van der Waals surface area contributed by atoms with Crippen molar-refractivity contribution in [3.63, 3.8) is 0 Å². The highest BCUT2D eigenvalue weighted by Crippen LogP contribution is 2.61. The molecule has 0 bridgehead atoms. The van der Waals surface area contributed by atoms with Gasteiger partial charge in [-0.2, -0.15) is 4.31 Å². The van der Waals surface area contributed by atoms with Crippen LogP contribution in [-0.4, -0.2) is 209 Å². The zero-order valence-electron chi connectivity index (χ0n) is 69.2. The summed E-state index contributed by atoms with van der Waals surface area (Å²) in [5, 5.41) is 96.5. The highest BCUT2D eigenvalue weighted by molar-refractivity contribution is 7.61. The summed E-state index contributed by atoms with van der Waals surface area (Å²) in [5.41, 5.74) is 14.9. The van der Waals surface area contributed by atoms with Gasteiger partial charge in [0.15, 0.2) is 12.6 Å². The Morgan fingerprint density at radius 1 is 0.386 bits per heavy atom. The van der Waals surface area contributed by atoms with Gasteiger partial charge in [-0.05, 0) is 212 Å². The molecule has 2 saturated heterocycles. The Labute approximate surface area is 675 Å². The van der Waals surface area contributed by atoms with Crippen molar-refractivity contribution in [2.24, 2.45) is 0 Å². The summed E-state index contributed by atoms with van der Waals surface area (Å²) >= 11 is 0. The molecular formula is C79H136N2O29P4. The van der Waals surface area contributed by atoms with Crippen LogP contribution in [0.1, 0.15) is 225 Å². The molecular weight excluding hydrogens is 1560 g/mol. The van der Waals surface area contributed by atoms with Gasteiger partial charge in [-0.15, -0.1) is 0 Å². The molecule has 5 unspecified atom stereocenters. The van der Waals surface area contributed by atoms with E-state index >= 15 is 0 Å². The van der Waals surface area contributed by atoms with Crippen LogP contribution in [0.25, 0.3) is 0 Å². The first-order valence-electron chi connectivity index (χ1n) is 39.0. The van der Waals surface area contributed by atoms with Gasteiger partial charge in [0.25, 0.3) is 0 Å². The Morgan fingerprint density at radius 2 is 0.702 bits per heavy atom. The Kier molecular flexibility index (Phi) is 52.0. The molecule has 31 nitrogen and oxygen atoms in total. The summed E-state index contributed by atoms with van der Waals surface area (Å²) in [6, 6.07) is -3.86. The van der Waals surface area contributed by atoms with Crippen molar-refractivity contribution < 1.29 is 139 Å². The number of phosphoric ester groups is 4. The number of carbonyl (C=O) groups is 2. The molecule has 0 aromatic rings. The summed E-state index contributed by atoms with van der Waals surface area (Å²) in [7, 11) is -21.9. The second kappa shape index (κ2) is 55.8. The number of hydrogen-bond acceptors (Lipinski definition) is 25. The van der Waals surface area contributed by atoms with E-state index in [1.165, 1.54) is 61.8 Å². The number of rotatable bonds is 57. The van der Waals surface area contributed by atoms with E-state index in [-0.39, 0.29) is 0 Å².